The molecule has 9 nitrogen and oxygen atoms in total. The number of nitro groups is 1. The second-order valence-electron chi connectivity index (χ2n) is 4.05. The standard InChI is InChI=1S/C9H14N4O5/c1-9(5-14,6-15)10-8(16)4-12-3-2-7(11-12)13(17)18/h2-3,14-15H,4-6H2,1H3,(H,10,16). The van der Waals surface area contributed by atoms with Gasteiger partial charge in [0.1, 0.15) is 6.54 Å². The van der Waals surface area contributed by atoms with E-state index in [0.717, 1.165) is 4.68 Å². The molecule has 18 heavy (non-hydrogen) atoms. The second-order valence-corrected chi connectivity index (χ2v) is 4.05. The quantitative estimate of drug-likeness (QED) is 0.427. The van der Waals surface area contributed by atoms with Crippen molar-refractivity contribution in [1.29, 1.82) is 0 Å². The molecule has 0 aliphatic carbocycles. The first-order valence-electron chi connectivity index (χ1n) is 5.11. The Morgan fingerprint density at radius 2 is 2.22 bits per heavy atom. The number of aliphatic hydroxyl groups excluding tert-OH is 2. The summed E-state index contributed by atoms with van der Waals surface area (Å²) in [6, 6.07) is 1.17. The summed E-state index contributed by atoms with van der Waals surface area (Å²) < 4.78 is 1.10. The highest BCUT2D eigenvalue weighted by molar-refractivity contribution is 5.76. The number of amides is 1. The van der Waals surface area contributed by atoms with E-state index >= 15 is 0 Å². The molecule has 0 saturated heterocycles. The van der Waals surface area contributed by atoms with Crippen LogP contribution in [0.15, 0.2) is 12.3 Å². The minimum Gasteiger partial charge on any atom is -0.394 e. The van der Waals surface area contributed by atoms with Crippen molar-refractivity contribution in [2.75, 3.05) is 13.2 Å². The van der Waals surface area contributed by atoms with Crippen molar-refractivity contribution in [2.24, 2.45) is 0 Å². The molecule has 0 radical (unpaired) electrons. The number of hydrogen-bond acceptors (Lipinski definition) is 6. The molecule has 1 rings (SSSR count). The largest absolute Gasteiger partial charge is 0.394 e. The number of carbonyl (C=O) groups excluding carboxylic acids is 1. The molecule has 9 heteroatoms. The number of nitrogens with zero attached hydrogens (tertiary/aromatic N) is 3. The van der Waals surface area contributed by atoms with E-state index in [2.05, 4.69) is 10.4 Å². The summed E-state index contributed by atoms with van der Waals surface area (Å²) in [5.74, 6) is -0.867. The van der Waals surface area contributed by atoms with Gasteiger partial charge in [-0.15, -0.1) is 0 Å². The van der Waals surface area contributed by atoms with Crippen molar-refractivity contribution < 1.29 is 19.9 Å². The highest BCUT2D eigenvalue weighted by atomic mass is 16.6. The second kappa shape index (κ2) is 5.56. The maximum absolute atomic E-state index is 11.6. The van der Waals surface area contributed by atoms with Crippen LogP contribution in [0.4, 0.5) is 5.82 Å². The third-order valence-electron chi connectivity index (χ3n) is 2.26. The lowest BCUT2D eigenvalue weighted by Crippen LogP contribution is -2.52. The number of nitrogens with one attached hydrogen (secondary N) is 1. The van der Waals surface area contributed by atoms with Crippen LogP contribution < -0.4 is 5.32 Å². The fourth-order valence-corrected chi connectivity index (χ4v) is 1.19. The van der Waals surface area contributed by atoms with Crippen LogP contribution in [0.3, 0.4) is 0 Å². The zero-order valence-corrected chi connectivity index (χ0v) is 9.74. The van der Waals surface area contributed by atoms with Gasteiger partial charge in [-0.05, 0) is 11.8 Å². The van der Waals surface area contributed by atoms with Gasteiger partial charge in [-0.25, -0.2) is 0 Å². The number of carbonyl (C=O) groups is 1. The molecule has 0 aliphatic heterocycles. The first kappa shape index (κ1) is 14.1. The molecule has 1 aromatic heterocycles. The van der Waals surface area contributed by atoms with Crippen LogP contribution in [0, 0.1) is 10.1 Å². The maximum atomic E-state index is 11.6. The predicted molar refractivity (Wildman–Crippen MR) is 59.6 cm³/mol. The molecule has 0 atom stereocenters. The molecule has 0 unspecified atom stereocenters. The first-order chi connectivity index (χ1) is 8.40. The molecule has 1 heterocycles. The molecular formula is C9H14N4O5. The minimum absolute atomic E-state index is 0.233. The van der Waals surface area contributed by atoms with Crippen molar-refractivity contribution in [3.8, 4) is 0 Å². The molecule has 0 bridgehead atoms. The van der Waals surface area contributed by atoms with E-state index in [-0.39, 0.29) is 12.4 Å². The minimum atomic E-state index is -1.13. The lowest BCUT2D eigenvalue weighted by Gasteiger charge is -2.25. The predicted octanol–water partition coefficient (Wildman–Crippen LogP) is -1.35. The number of hydrogen-bond donors (Lipinski definition) is 3. The van der Waals surface area contributed by atoms with Gasteiger partial charge in [-0.2, -0.15) is 4.68 Å². The summed E-state index contributed by atoms with van der Waals surface area (Å²) in [4.78, 5) is 21.3. The Morgan fingerprint density at radius 3 is 2.67 bits per heavy atom. The smallest absolute Gasteiger partial charge is 0.389 e. The summed E-state index contributed by atoms with van der Waals surface area (Å²) in [5, 5.41) is 34.3. The van der Waals surface area contributed by atoms with Crippen LogP contribution in [0.5, 0.6) is 0 Å². The highest BCUT2D eigenvalue weighted by Gasteiger charge is 2.25. The summed E-state index contributed by atoms with van der Waals surface area (Å²) >= 11 is 0. The van der Waals surface area contributed by atoms with E-state index in [4.69, 9.17) is 10.2 Å². The zero-order valence-electron chi connectivity index (χ0n) is 9.74. The van der Waals surface area contributed by atoms with Crippen LogP contribution in [0.1, 0.15) is 6.92 Å². The number of aromatic nitrogens is 2. The molecule has 3 N–H and O–H groups in total. The molecular weight excluding hydrogens is 244 g/mol. The molecule has 100 valence electrons. The fraction of sp³-hybridized carbons (Fsp3) is 0.556. The molecule has 0 fully saturated rings. The first-order valence-corrected chi connectivity index (χ1v) is 5.11. The Kier molecular flexibility index (Phi) is 4.34. The zero-order chi connectivity index (χ0) is 13.8. The molecule has 0 saturated carbocycles. The van der Waals surface area contributed by atoms with Gasteiger partial charge in [0.2, 0.25) is 5.91 Å². The van der Waals surface area contributed by atoms with Gasteiger partial charge in [0.15, 0.2) is 0 Å². The third-order valence-corrected chi connectivity index (χ3v) is 2.26. The SMILES string of the molecule is CC(CO)(CO)NC(=O)Cn1ccc([N+](=O)[O-])n1. The summed E-state index contributed by atoms with van der Waals surface area (Å²) in [6.07, 6.45) is 1.30. The summed E-state index contributed by atoms with van der Waals surface area (Å²) in [7, 11) is 0. The molecule has 1 amide bonds. The van der Waals surface area contributed by atoms with Gasteiger partial charge in [0.25, 0.3) is 0 Å². The van der Waals surface area contributed by atoms with Crippen molar-refractivity contribution in [3.05, 3.63) is 22.4 Å². The van der Waals surface area contributed by atoms with E-state index in [1.807, 2.05) is 0 Å². The van der Waals surface area contributed by atoms with Crippen LogP contribution in [-0.4, -0.2) is 49.6 Å². The number of rotatable bonds is 6. The highest BCUT2D eigenvalue weighted by Crippen LogP contribution is 2.05. The Bertz CT molecular complexity index is 440. The average Bonchev–Trinajstić information content (AvgIpc) is 2.77. The molecule has 0 aliphatic rings. The average molecular weight is 258 g/mol. The number of aliphatic hydroxyl groups is 2. The van der Waals surface area contributed by atoms with Gasteiger partial charge in [-0.3, -0.25) is 4.79 Å². The van der Waals surface area contributed by atoms with E-state index in [1.54, 1.807) is 0 Å². The Morgan fingerprint density at radius 1 is 1.61 bits per heavy atom. The van der Waals surface area contributed by atoms with E-state index in [1.165, 1.54) is 19.2 Å². The fourth-order valence-electron chi connectivity index (χ4n) is 1.19. The van der Waals surface area contributed by atoms with Gasteiger partial charge in [0, 0.05) is 0 Å². The van der Waals surface area contributed by atoms with Gasteiger partial charge < -0.3 is 25.6 Å². The van der Waals surface area contributed by atoms with E-state index < -0.39 is 29.6 Å². The normalized spacial score (nSPS) is 11.3. The molecule has 0 spiro atoms. The third kappa shape index (κ3) is 3.50. The molecule has 1 aromatic rings. The van der Waals surface area contributed by atoms with Crippen LogP contribution >= 0.6 is 0 Å². The van der Waals surface area contributed by atoms with Crippen molar-refractivity contribution in [2.45, 2.75) is 19.0 Å². The topological polar surface area (TPSA) is 131 Å². The Labute approximate surface area is 102 Å². The lowest BCUT2D eigenvalue weighted by molar-refractivity contribution is -0.389. The summed E-state index contributed by atoms with van der Waals surface area (Å²) in [5.41, 5.74) is -1.13. The van der Waals surface area contributed by atoms with Crippen molar-refractivity contribution in [1.82, 2.24) is 15.1 Å². The monoisotopic (exact) mass is 258 g/mol. The van der Waals surface area contributed by atoms with Gasteiger partial charge in [-0.1, -0.05) is 0 Å². The maximum Gasteiger partial charge on any atom is 0.389 e. The Balaban J connectivity index is 2.61. The van der Waals surface area contributed by atoms with Gasteiger partial charge >= 0.3 is 5.82 Å². The molecule has 0 aromatic carbocycles. The Hall–Kier alpha value is -2.00. The van der Waals surface area contributed by atoms with E-state index in [9.17, 15) is 14.9 Å². The van der Waals surface area contributed by atoms with Crippen LogP contribution in [0.2, 0.25) is 0 Å². The lowest BCUT2D eigenvalue weighted by atomic mass is 10.1. The van der Waals surface area contributed by atoms with E-state index in [0.29, 0.717) is 0 Å². The van der Waals surface area contributed by atoms with Gasteiger partial charge in [0.05, 0.1) is 36.1 Å². The van der Waals surface area contributed by atoms with Crippen molar-refractivity contribution in [3.63, 3.8) is 0 Å². The van der Waals surface area contributed by atoms with Crippen molar-refractivity contribution >= 4 is 11.7 Å². The summed E-state index contributed by atoms with van der Waals surface area (Å²) in [6.45, 7) is 0.392. The van der Waals surface area contributed by atoms with Crippen LogP contribution in [0.25, 0.3) is 0 Å². The van der Waals surface area contributed by atoms with Crippen LogP contribution in [-0.2, 0) is 11.3 Å².